The van der Waals surface area contributed by atoms with Crippen LogP contribution in [0.1, 0.15) is 21.3 Å². The Hall–Kier alpha value is -2.94. The maximum atomic E-state index is 13.1. The molecule has 2 aromatic carbocycles. The Labute approximate surface area is 207 Å². The van der Waals surface area contributed by atoms with Crippen LogP contribution in [-0.2, 0) is 4.79 Å². The van der Waals surface area contributed by atoms with Crippen molar-refractivity contribution in [2.75, 3.05) is 10.7 Å². The molecule has 1 aliphatic heterocycles. The van der Waals surface area contributed by atoms with Gasteiger partial charge in [-0.25, -0.2) is 4.68 Å². The highest BCUT2D eigenvalue weighted by Gasteiger charge is 2.37. The number of aromatic nitrogens is 3. The average molecular weight is 540 g/mol. The molecule has 1 saturated heterocycles. The number of benzene rings is 2. The summed E-state index contributed by atoms with van der Waals surface area (Å²) in [5.41, 5.74) is 3.51. The van der Waals surface area contributed by atoms with Gasteiger partial charge in [-0.05, 0) is 48.5 Å². The van der Waals surface area contributed by atoms with Crippen LogP contribution in [0.25, 0.3) is 11.3 Å². The van der Waals surface area contributed by atoms with Crippen molar-refractivity contribution in [1.29, 1.82) is 0 Å². The Morgan fingerprint density at radius 2 is 1.73 bits per heavy atom. The average Bonchev–Trinajstić information content (AvgIpc) is 3.44. The number of hydrogen-bond donors (Lipinski definition) is 0. The number of amides is 1. The molecule has 1 amide bonds. The third-order valence-electron chi connectivity index (χ3n) is 5.23. The van der Waals surface area contributed by atoms with Crippen molar-refractivity contribution in [2.45, 2.75) is 5.37 Å². The van der Waals surface area contributed by atoms with E-state index in [0.717, 1.165) is 21.3 Å². The zero-order valence-corrected chi connectivity index (χ0v) is 20.2. The van der Waals surface area contributed by atoms with E-state index < -0.39 is 0 Å². The number of anilines is 1. The fourth-order valence-electron chi connectivity index (χ4n) is 3.67. The van der Waals surface area contributed by atoms with Gasteiger partial charge in [-0.15, -0.1) is 11.8 Å². The van der Waals surface area contributed by atoms with Gasteiger partial charge in [0.25, 0.3) is 5.91 Å². The van der Waals surface area contributed by atoms with Crippen LogP contribution in [0.3, 0.4) is 0 Å². The van der Waals surface area contributed by atoms with Crippen LogP contribution >= 0.6 is 39.3 Å². The van der Waals surface area contributed by atoms with Crippen molar-refractivity contribution < 1.29 is 9.59 Å². The van der Waals surface area contributed by atoms with E-state index in [4.69, 9.17) is 11.6 Å². The van der Waals surface area contributed by atoms with Crippen molar-refractivity contribution in [1.82, 2.24) is 14.8 Å². The highest BCUT2D eigenvalue weighted by Crippen LogP contribution is 2.45. The summed E-state index contributed by atoms with van der Waals surface area (Å²) in [6.45, 7) is 0. The molecule has 5 rings (SSSR count). The molecule has 0 bridgehead atoms. The van der Waals surface area contributed by atoms with Gasteiger partial charge >= 0.3 is 0 Å². The van der Waals surface area contributed by atoms with Crippen molar-refractivity contribution in [2.24, 2.45) is 0 Å². The standard InChI is InChI=1S/C24H16BrClN4O2S/c25-17-3-1-15(2-4-17)22-20(13-29(28-22)23(32)16-9-11-27-12-10-16)24-30(21(31)14-33-24)19-7-5-18(26)6-8-19/h1-13,24H,14H2. The normalized spacial score (nSPS) is 15.8. The number of carbonyl (C=O) groups is 2. The van der Waals surface area contributed by atoms with Gasteiger partial charge in [0.15, 0.2) is 0 Å². The molecule has 2 aromatic heterocycles. The smallest absolute Gasteiger partial charge is 0.278 e. The van der Waals surface area contributed by atoms with Gasteiger partial charge in [0.1, 0.15) is 5.37 Å². The van der Waals surface area contributed by atoms with E-state index in [2.05, 4.69) is 26.0 Å². The third kappa shape index (κ3) is 4.34. The molecule has 6 nitrogen and oxygen atoms in total. The minimum Gasteiger partial charge on any atom is -0.295 e. The van der Waals surface area contributed by atoms with Crippen LogP contribution in [-0.4, -0.2) is 32.3 Å². The Balaban J connectivity index is 1.62. The van der Waals surface area contributed by atoms with Gasteiger partial charge in [-0.2, -0.15) is 5.10 Å². The SMILES string of the molecule is O=C1CSC(c2cn(C(=O)c3ccncc3)nc2-c2ccc(Br)cc2)N1c1ccc(Cl)cc1. The minimum atomic E-state index is -0.337. The molecule has 0 aliphatic carbocycles. The van der Waals surface area contributed by atoms with E-state index in [0.29, 0.717) is 22.0 Å². The predicted molar refractivity (Wildman–Crippen MR) is 133 cm³/mol. The quantitative estimate of drug-likeness (QED) is 0.326. The summed E-state index contributed by atoms with van der Waals surface area (Å²) in [6, 6.07) is 18.2. The second-order valence-electron chi connectivity index (χ2n) is 7.33. The number of nitrogens with zero attached hydrogens (tertiary/aromatic N) is 4. The molecule has 9 heteroatoms. The second-order valence-corrected chi connectivity index (χ2v) is 9.75. The van der Waals surface area contributed by atoms with E-state index in [1.807, 2.05) is 36.4 Å². The lowest BCUT2D eigenvalue weighted by Crippen LogP contribution is -2.27. The molecule has 164 valence electrons. The minimum absolute atomic E-state index is 0.0118. The number of hydrogen-bond acceptors (Lipinski definition) is 5. The van der Waals surface area contributed by atoms with Crippen molar-refractivity contribution in [3.05, 3.63) is 99.9 Å². The molecule has 0 N–H and O–H groups in total. The molecule has 0 radical (unpaired) electrons. The molecule has 3 heterocycles. The molecular weight excluding hydrogens is 524 g/mol. The Kier molecular flexibility index (Phi) is 6.05. The first-order valence-corrected chi connectivity index (χ1v) is 12.2. The van der Waals surface area contributed by atoms with E-state index in [1.54, 1.807) is 47.8 Å². The van der Waals surface area contributed by atoms with E-state index in [-0.39, 0.29) is 17.2 Å². The van der Waals surface area contributed by atoms with Crippen LogP contribution < -0.4 is 4.90 Å². The third-order valence-corrected chi connectivity index (χ3v) is 7.21. The molecule has 1 fully saturated rings. The number of pyridine rings is 1. The number of rotatable bonds is 4. The molecule has 4 aromatic rings. The Bertz CT molecular complexity index is 1330. The summed E-state index contributed by atoms with van der Waals surface area (Å²) >= 11 is 11.0. The van der Waals surface area contributed by atoms with Crippen LogP contribution in [0.4, 0.5) is 5.69 Å². The topological polar surface area (TPSA) is 68.1 Å². The highest BCUT2D eigenvalue weighted by atomic mass is 79.9. The molecule has 1 atom stereocenters. The van der Waals surface area contributed by atoms with E-state index >= 15 is 0 Å². The van der Waals surface area contributed by atoms with E-state index in [1.165, 1.54) is 16.4 Å². The van der Waals surface area contributed by atoms with Crippen LogP contribution in [0.15, 0.2) is 83.7 Å². The first-order valence-electron chi connectivity index (χ1n) is 10.0. The second kappa shape index (κ2) is 9.13. The summed E-state index contributed by atoms with van der Waals surface area (Å²) in [5.74, 6) is 0.0490. The molecule has 1 unspecified atom stereocenters. The van der Waals surface area contributed by atoms with Gasteiger partial charge in [0, 0.05) is 50.5 Å². The predicted octanol–water partition coefficient (Wildman–Crippen LogP) is 5.83. The lowest BCUT2D eigenvalue weighted by atomic mass is 10.1. The molecule has 0 saturated carbocycles. The fourth-order valence-corrected chi connectivity index (χ4v) is 5.24. The van der Waals surface area contributed by atoms with Crippen molar-refractivity contribution >= 4 is 56.8 Å². The lowest BCUT2D eigenvalue weighted by molar-refractivity contribution is -0.115. The first kappa shape index (κ1) is 21.9. The summed E-state index contributed by atoms with van der Waals surface area (Å²) < 4.78 is 2.28. The number of halogens is 2. The van der Waals surface area contributed by atoms with Crippen LogP contribution in [0, 0.1) is 0 Å². The van der Waals surface area contributed by atoms with Crippen molar-refractivity contribution in [3.8, 4) is 11.3 Å². The van der Waals surface area contributed by atoms with Gasteiger partial charge in [0.2, 0.25) is 5.91 Å². The summed E-state index contributed by atoms with van der Waals surface area (Å²) in [4.78, 5) is 31.7. The summed E-state index contributed by atoms with van der Waals surface area (Å²) in [6.07, 6.45) is 4.86. The number of thioether (sulfide) groups is 1. The summed E-state index contributed by atoms with van der Waals surface area (Å²) in [5, 5.41) is 4.92. The maximum Gasteiger partial charge on any atom is 0.278 e. The molecule has 1 aliphatic rings. The first-order chi connectivity index (χ1) is 16.0. The van der Waals surface area contributed by atoms with Crippen LogP contribution in [0.5, 0.6) is 0 Å². The number of carbonyl (C=O) groups excluding carboxylic acids is 2. The molecule has 0 spiro atoms. The van der Waals surface area contributed by atoms with Gasteiger partial charge in [-0.3, -0.25) is 19.5 Å². The Morgan fingerprint density at radius 1 is 1.03 bits per heavy atom. The van der Waals surface area contributed by atoms with Crippen molar-refractivity contribution in [3.63, 3.8) is 0 Å². The monoisotopic (exact) mass is 538 g/mol. The van der Waals surface area contributed by atoms with Gasteiger partial charge in [0.05, 0.1) is 11.4 Å². The zero-order chi connectivity index (χ0) is 22.9. The Morgan fingerprint density at radius 3 is 2.42 bits per heavy atom. The molecule has 33 heavy (non-hydrogen) atoms. The molecular formula is C24H16BrClN4O2S. The zero-order valence-electron chi connectivity index (χ0n) is 17.1. The highest BCUT2D eigenvalue weighted by molar-refractivity contribution is 9.10. The lowest BCUT2D eigenvalue weighted by Gasteiger charge is -2.24. The van der Waals surface area contributed by atoms with Gasteiger partial charge < -0.3 is 0 Å². The fraction of sp³-hybridized carbons (Fsp3) is 0.0833. The summed E-state index contributed by atoms with van der Waals surface area (Å²) in [7, 11) is 0. The maximum absolute atomic E-state index is 13.1. The van der Waals surface area contributed by atoms with Gasteiger partial charge in [-0.1, -0.05) is 39.7 Å². The largest absolute Gasteiger partial charge is 0.295 e. The van der Waals surface area contributed by atoms with Crippen LogP contribution in [0.2, 0.25) is 5.02 Å². The van der Waals surface area contributed by atoms with E-state index in [9.17, 15) is 9.59 Å².